The number of aryl methyl sites for hydroxylation is 1. The van der Waals surface area contributed by atoms with Crippen LogP contribution < -0.4 is 5.32 Å². The molecule has 7 heteroatoms. The van der Waals surface area contributed by atoms with Crippen molar-refractivity contribution in [2.75, 3.05) is 6.54 Å². The minimum atomic E-state index is -0.707. The van der Waals surface area contributed by atoms with Gasteiger partial charge in [0.2, 0.25) is 0 Å². The molecule has 2 aromatic heterocycles. The molecule has 0 saturated heterocycles. The highest BCUT2D eigenvalue weighted by Crippen LogP contribution is 2.16. The number of hydrogen-bond acceptors (Lipinski definition) is 6. The molecule has 0 spiro atoms. The summed E-state index contributed by atoms with van der Waals surface area (Å²) in [5.41, 5.74) is 0.615. The molecule has 0 aliphatic heterocycles. The van der Waals surface area contributed by atoms with Crippen LogP contribution in [0.25, 0.3) is 0 Å². The van der Waals surface area contributed by atoms with Crippen LogP contribution in [-0.4, -0.2) is 27.1 Å². The first-order chi connectivity index (χ1) is 8.68. The summed E-state index contributed by atoms with van der Waals surface area (Å²) in [4.78, 5) is 12.2. The van der Waals surface area contributed by atoms with Crippen LogP contribution in [0.5, 0.6) is 0 Å². The van der Waals surface area contributed by atoms with Gasteiger partial charge in [-0.1, -0.05) is 4.49 Å². The lowest BCUT2D eigenvalue weighted by molar-refractivity contribution is 0.0939. The van der Waals surface area contributed by atoms with Crippen molar-refractivity contribution in [3.8, 4) is 0 Å². The van der Waals surface area contributed by atoms with E-state index in [2.05, 4.69) is 14.9 Å². The maximum atomic E-state index is 11.7. The maximum absolute atomic E-state index is 11.7. The molecule has 6 nitrogen and oxygen atoms in total. The number of carbonyl (C=O) groups excluding carboxylic acids is 1. The molecule has 0 bridgehead atoms. The fraction of sp³-hybridized carbons (Fsp3) is 0.364. The van der Waals surface area contributed by atoms with Crippen molar-refractivity contribution >= 4 is 17.4 Å². The van der Waals surface area contributed by atoms with Crippen LogP contribution in [0.15, 0.2) is 22.8 Å². The van der Waals surface area contributed by atoms with Gasteiger partial charge in [-0.05, 0) is 37.0 Å². The number of nitrogens with zero attached hydrogens (tertiary/aromatic N) is 2. The SMILES string of the molecule is Cc1nnsc1C(=O)NCCC(O)c1ccco1. The van der Waals surface area contributed by atoms with Crippen LogP contribution >= 0.6 is 11.5 Å². The molecule has 0 aromatic carbocycles. The van der Waals surface area contributed by atoms with Gasteiger partial charge in [0, 0.05) is 6.54 Å². The lowest BCUT2D eigenvalue weighted by atomic mass is 10.2. The summed E-state index contributed by atoms with van der Waals surface area (Å²) >= 11 is 1.06. The third-order valence-corrected chi connectivity index (χ3v) is 3.26. The number of amides is 1. The zero-order chi connectivity index (χ0) is 13.0. The molecule has 2 N–H and O–H groups in total. The zero-order valence-corrected chi connectivity index (χ0v) is 10.6. The summed E-state index contributed by atoms with van der Waals surface area (Å²) in [6.45, 7) is 2.09. The van der Waals surface area contributed by atoms with Crippen molar-refractivity contribution in [3.05, 3.63) is 34.7 Å². The molecule has 1 atom stereocenters. The topological polar surface area (TPSA) is 88.2 Å². The third-order valence-electron chi connectivity index (χ3n) is 2.43. The second-order valence-corrected chi connectivity index (χ2v) is 4.52. The largest absolute Gasteiger partial charge is 0.467 e. The van der Waals surface area contributed by atoms with E-state index >= 15 is 0 Å². The molecule has 2 heterocycles. The van der Waals surface area contributed by atoms with Crippen LogP contribution in [0, 0.1) is 6.92 Å². The van der Waals surface area contributed by atoms with E-state index in [1.165, 1.54) is 6.26 Å². The Labute approximate surface area is 108 Å². The molecule has 0 aliphatic rings. The Morgan fingerprint density at radius 3 is 3.11 bits per heavy atom. The summed E-state index contributed by atoms with van der Waals surface area (Å²) in [5, 5.41) is 16.2. The van der Waals surface area contributed by atoms with Crippen molar-refractivity contribution in [3.63, 3.8) is 0 Å². The molecule has 0 fully saturated rings. The quantitative estimate of drug-likeness (QED) is 0.852. The number of aliphatic hydroxyl groups is 1. The lowest BCUT2D eigenvalue weighted by Crippen LogP contribution is -2.25. The highest BCUT2D eigenvalue weighted by Gasteiger charge is 2.14. The number of rotatable bonds is 5. The summed E-state index contributed by atoms with van der Waals surface area (Å²) in [6, 6.07) is 3.41. The van der Waals surface area contributed by atoms with Gasteiger partial charge in [0.05, 0.1) is 12.0 Å². The molecule has 2 rings (SSSR count). The maximum Gasteiger partial charge on any atom is 0.264 e. The molecular weight excluding hydrogens is 254 g/mol. The van der Waals surface area contributed by atoms with E-state index in [1.54, 1.807) is 19.1 Å². The van der Waals surface area contributed by atoms with E-state index in [-0.39, 0.29) is 5.91 Å². The van der Waals surface area contributed by atoms with Gasteiger partial charge in [0.1, 0.15) is 16.7 Å². The zero-order valence-electron chi connectivity index (χ0n) is 9.79. The van der Waals surface area contributed by atoms with E-state index in [4.69, 9.17) is 4.42 Å². The summed E-state index contributed by atoms with van der Waals surface area (Å²) in [5.74, 6) is 0.286. The van der Waals surface area contributed by atoms with Gasteiger partial charge in [-0.2, -0.15) is 0 Å². The highest BCUT2D eigenvalue weighted by molar-refractivity contribution is 7.07. The van der Waals surface area contributed by atoms with Gasteiger partial charge in [-0.3, -0.25) is 4.79 Å². The van der Waals surface area contributed by atoms with E-state index in [0.717, 1.165) is 11.5 Å². The molecule has 0 radical (unpaired) electrons. The number of furan rings is 1. The first-order valence-corrected chi connectivity index (χ1v) is 6.24. The van der Waals surface area contributed by atoms with Crippen LogP contribution in [0.3, 0.4) is 0 Å². The molecule has 96 valence electrons. The number of carbonyl (C=O) groups is 1. The van der Waals surface area contributed by atoms with Crippen molar-refractivity contribution in [2.45, 2.75) is 19.4 Å². The van der Waals surface area contributed by atoms with Gasteiger partial charge in [0.15, 0.2) is 0 Å². The van der Waals surface area contributed by atoms with Gasteiger partial charge in [-0.25, -0.2) is 0 Å². The van der Waals surface area contributed by atoms with Crippen LogP contribution in [-0.2, 0) is 0 Å². The fourth-order valence-electron chi connectivity index (χ4n) is 1.47. The Bertz CT molecular complexity index is 509. The Morgan fingerprint density at radius 1 is 1.67 bits per heavy atom. The molecule has 0 aliphatic carbocycles. The molecule has 0 saturated carbocycles. The second kappa shape index (κ2) is 5.74. The van der Waals surface area contributed by atoms with Gasteiger partial charge in [0.25, 0.3) is 5.91 Å². The minimum absolute atomic E-state index is 0.214. The number of aliphatic hydroxyl groups excluding tert-OH is 1. The monoisotopic (exact) mass is 267 g/mol. The first kappa shape index (κ1) is 12.7. The predicted molar refractivity (Wildman–Crippen MR) is 65.3 cm³/mol. The van der Waals surface area contributed by atoms with Crippen molar-refractivity contribution in [1.82, 2.24) is 14.9 Å². The average molecular weight is 267 g/mol. The fourth-order valence-corrected chi connectivity index (χ4v) is 2.04. The van der Waals surface area contributed by atoms with Crippen LogP contribution in [0.4, 0.5) is 0 Å². The standard InChI is InChI=1S/C11H13N3O3S/c1-7-10(18-14-13-7)11(16)12-5-4-8(15)9-3-2-6-17-9/h2-3,6,8,15H,4-5H2,1H3,(H,12,16). The van der Waals surface area contributed by atoms with E-state index in [9.17, 15) is 9.90 Å². The Balaban J connectivity index is 1.79. The van der Waals surface area contributed by atoms with Crippen molar-refractivity contribution in [1.29, 1.82) is 0 Å². The average Bonchev–Trinajstić information content (AvgIpc) is 2.99. The van der Waals surface area contributed by atoms with E-state index in [1.807, 2.05) is 0 Å². The third kappa shape index (κ3) is 2.93. The molecule has 1 amide bonds. The van der Waals surface area contributed by atoms with Crippen LogP contribution in [0.1, 0.15) is 33.7 Å². The molecule has 1 unspecified atom stereocenters. The number of nitrogens with one attached hydrogen (secondary N) is 1. The highest BCUT2D eigenvalue weighted by atomic mass is 32.1. The molecule has 2 aromatic rings. The Hall–Kier alpha value is -1.73. The number of hydrogen-bond donors (Lipinski definition) is 2. The van der Waals surface area contributed by atoms with Crippen molar-refractivity contribution in [2.24, 2.45) is 0 Å². The lowest BCUT2D eigenvalue weighted by Gasteiger charge is -2.08. The Kier molecular flexibility index (Phi) is 4.06. The van der Waals surface area contributed by atoms with Gasteiger partial charge >= 0.3 is 0 Å². The smallest absolute Gasteiger partial charge is 0.264 e. The van der Waals surface area contributed by atoms with Crippen LogP contribution in [0.2, 0.25) is 0 Å². The normalized spacial score (nSPS) is 12.3. The van der Waals surface area contributed by atoms with Gasteiger partial charge in [-0.15, -0.1) is 5.10 Å². The van der Waals surface area contributed by atoms with E-state index < -0.39 is 6.10 Å². The summed E-state index contributed by atoms with van der Waals surface area (Å²) in [6.07, 6.45) is 1.19. The number of aromatic nitrogens is 2. The summed E-state index contributed by atoms with van der Waals surface area (Å²) < 4.78 is 8.76. The van der Waals surface area contributed by atoms with E-state index in [0.29, 0.717) is 29.3 Å². The molecular formula is C11H13N3O3S. The molecule has 18 heavy (non-hydrogen) atoms. The minimum Gasteiger partial charge on any atom is -0.467 e. The predicted octanol–water partition coefficient (Wildman–Crippen LogP) is 1.29. The second-order valence-electron chi connectivity index (χ2n) is 3.76. The Morgan fingerprint density at radius 2 is 2.50 bits per heavy atom. The summed E-state index contributed by atoms with van der Waals surface area (Å²) in [7, 11) is 0. The van der Waals surface area contributed by atoms with Gasteiger partial charge < -0.3 is 14.8 Å². The first-order valence-electron chi connectivity index (χ1n) is 5.47. The van der Waals surface area contributed by atoms with Crippen molar-refractivity contribution < 1.29 is 14.3 Å².